The average Bonchev–Trinajstić information content (AvgIpc) is 2.91. The number of hydrogen-bond acceptors (Lipinski definition) is 4. The van der Waals surface area contributed by atoms with E-state index in [1.807, 2.05) is 0 Å². The van der Waals surface area contributed by atoms with Crippen molar-refractivity contribution >= 4 is 5.97 Å². The fourth-order valence-electron chi connectivity index (χ4n) is 4.04. The van der Waals surface area contributed by atoms with E-state index in [1.165, 1.54) is 20.0 Å². The third kappa shape index (κ3) is 7.98. The molecule has 4 heteroatoms. The zero-order valence-corrected chi connectivity index (χ0v) is 15.9. The molecule has 1 saturated carbocycles. The number of unbranched alkanes of at least 4 members (excludes halogenated alkanes) is 2. The van der Waals surface area contributed by atoms with Gasteiger partial charge in [-0.3, -0.25) is 4.79 Å². The van der Waals surface area contributed by atoms with Gasteiger partial charge in [-0.05, 0) is 62.7 Å². The normalized spacial score (nSPS) is 26.3. The van der Waals surface area contributed by atoms with Crippen molar-refractivity contribution in [1.29, 1.82) is 0 Å². The van der Waals surface area contributed by atoms with E-state index in [9.17, 15) is 15.0 Å². The molecule has 0 heterocycles. The highest BCUT2D eigenvalue weighted by Gasteiger charge is 2.34. The zero-order chi connectivity index (χ0) is 17.9. The second-order valence-electron chi connectivity index (χ2n) is 7.76. The maximum Gasteiger partial charge on any atom is 0.305 e. The second kappa shape index (κ2) is 11.9. The van der Waals surface area contributed by atoms with Crippen molar-refractivity contribution in [1.82, 2.24) is 0 Å². The molecule has 142 valence electrons. The Bertz CT molecular complexity index is 345. The van der Waals surface area contributed by atoms with Crippen LogP contribution >= 0.6 is 0 Å². The molecule has 0 bridgehead atoms. The number of aliphatic hydroxyl groups is 2. The number of rotatable bonds is 12. The summed E-state index contributed by atoms with van der Waals surface area (Å²) in [5, 5.41) is 20.4. The van der Waals surface area contributed by atoms with Crippen LogP contribution < -0.4 is 0 Å². The van der Waals surface area contributed by atoms with Crippen molar-refractivity contribution in [3.05, 3.63) is 0 Å². The number of carbonyl (C=O) groups is 1. The summed E-state index contributed by atoms with van der Waals surface area (Å²) in [6, 6.07) is 0. The van der Waals surface area contributed by atoms with E-state index in [-0.39, 0.29) is 18.2 Å². The smallest absolute Gasteiger partial charge is 0.305 e. The van der Waals surface area contributed by atoms with E-state index >= 15 is 0 Å². The summed E-state index contributed by atoms with van der Waals surface area (Å²) in [6.45, 7) is 4.25. The lowest BCUT2D eigenvalue weighted by Crippen LogP contribution is -2.21. The van der Waals surface area contributed by atoms with E-state index < -0.39 is 0 Å². The minimum Gasteiger partial charge on any atom is -0.469 e. The SMILES string of the molecule is CCCCCC(O)CCC1CCC(O)C1CCC(C)CC(=O)OC. The van der Waals surface area contributed by atoms with Gasteiger partial charge >= 0.3 is 5.97 Å². The molecule has 4 nitrogen and oxygen atoms in total. The Morgan fingerprint density at radius 3 is 2.58 bits per heavy atom. The van der Waals surface area contributed by atoms with Gasteiger partial charge in [-0.1, -0.05) is 33.1 Å². The minimum absolute atomic E-state index is 0.152. The van der Waals surface area contributed by atoms with Gasteiger partial charge in [-0.25, -0.2) is 0 Å². The van der Waals surface area contributed by atoms with E-state index in [1.54, 1.807) is 0 Å². The maximum atomic E-state index is 11.3. The number of hydrogen-bond donors (Lipinski definition) is 2. The van der Waals surface area contributed by atoms with E-state index in [4.69, 9.17) is 4.74 Å². The molecule has 1 aliphatic carbocycles. The third-order valence-electron chi connectivity index (χ3n) is 5.68. The van der Waals surface area contributed by atoms with Crippen molar-refractivity contribution in [2.45, 2.75) is 96.7 Å². The Kier molecular flexibility index (Phi) is 10.6. The standard InChI is InChI=1S/C20H38O4/c1-4-5-6-7-17(21)11-9-16-10-13-19(22)18(16)12-8-15(2)14-20(23)24-3/h15-19,21-22H,4-14H2,1-3H3. The number of ether oxygens (including phenoxy) is 1. The number of esters is 1. The molecule has 0 radical (unpaired) electrons. The molecule has 0 aromatic carbocycles. The van der Waals surface area contributed by atoms with Crippen LogP contribution in [0.2, 0.25) is 0 Å². The molecule has 24 heavy (non-hydrogen) atoms. The molecule has 0 aromatic heterocycles. The number of methoxy groups -OCH3 is 1. The molecule has 0 aliphatic heterocycles. The maximum absolute atomic E-state index is 11.3. The van der Waals surface area contributed by atoms with E-state index in [0.717, 1.165) is 51.4 Å². The van der Waals surface area contributed by atoms with Gasteiger partial charge in [-0.2, -0.15) is 0 Å². The van der Waals surface area contributed by atoms with Gasteiger partial charge in [0.1, 0.15) is 0 Å². The molecule has 0 amide bonds. The van der Waals surface area contributed by atoms with Crippen molar-refractivity contribution in [2.24, 2.45) is 17.8 Å². The number of aliphatic hydroxyl groups excluding tert-OH is 2. The topological polar surface area (TPSA) is 66.8 Å². The molecule has 0 aromatic rings. The summed E-state index contributed by atoms with van der Waals surface area (Å²) in [4.78, 5) is 11.3. The van der Waals surface area contributed by atoms with Crippen molar-refractivity contribution in [3.8, 4) is 0 Å². The van der Waals surface area contributed by atoms with Crippen LogP contribution in [0, 0.1) is 17.8 Å². The Morgan fingerprint density at radius 2 is 1.92 bits per heavy atom. The molecule has 1 fully saturated rings. The summed E-state index contributed by atoms with van der Waals surface area (Å²) in [7, 11) is 1.43. The van der Waals surface area contributed by atoms with Gasteiger partial charge in [0.15, 0.2) is 0 Å². The highest BCUT2D eigenvalue weighted by atomic mass is 16.5. The average molecular weight is 343 g/mol. The Morgan fingerprint density at radius 1 is 1.17 bits per heavy atom. The summed E-state index contributed by atoms with van der Waals surface area (Å²) in [6.07, 6.45) is 10.2. The van der Waals surface area contributed by atoms with Crippen LogP contribution in [0.25, 0.3) is 0 Å². The fourth-order valence-corrected chi connectivity index (χ4v) is 4.04. The molecule has 1 rings (SSSR count). The summed E-state index contributed by atoms with van der Waals surface area (Å²) < 4.78 is 4.72. The Hall–Kier alpha value is -0.610. The van der Waals surface area contributed by atoms with Crippen LogP contribution in [-0.2, 0) is 9.53 Å². The quantitative estimate of drug-likeness (QED) is 0.414. The molecule has 1 aliphatic rings. The van der Waals surface area contributed by atoms with E-state index in [2.05, 4.69) is 13.8 Å². The van der Waals surface area contributed by atoms with Crippen molar-refractivity contribution in [2.75, 3.05) is 7.11 Å². The van der Waals surface area contributed by atoms with Crippen LogP contribution in [0.1, 0.15) is 84.5 Å². The Labute approximate surface area is 148 Å². The molecule has 0 spiro atoms. The van der Waals surface area contributed by atoms with Crippen LogP contribution in [0.15, 0.2) is 0 Å². The van der Waals surface area contributed by atoms with Crippen LogP contribution in [0.5, 0.6) is 0 Å². The Balaban J connectivity index is 2.32. The first-order chi connectivity index (χ1) is 11.5. The first-order valence-corrected chi connectivity index (χ1v) is 9.90. The molecule has 5 atom stereocenters. The zero-order valence-electron chi connectivity index (χ0n) is 15.9. The number of carbonyl (C=O) groups excluding carboxylic acids is 1. The molecule has 2 N–H and O–H groups in total. The summed E-state index contributed by atoms with van der Waals surface area (Å²) in [5.41, 5.74) is 0. The molecular weight excluding hydrogens is 304 g/mol. The first-order valence-electron chi connectivity index (χ1n) is 9.90. The van der Waals surface area contributed by atoms with Gasteiger partial charge < -0.3 is 14.9 Å². The predicted octanol–water partition coefficient (Wildman–Crippen LogP) is 4.07. The lowest BCUT2D eigenvalue weighted by atomic mass is 9.84. The van der Waals surface area contributed by atoms with Gasteiger partial charge in [0.2, 0.25) is 0 Å². The van der Waals surface area contributed by atoms with Gasteiger partial charge in [0.25, 0.3) is 0 Å². The van der Waals surface area contributed by atoms with Crippen molar-refractivity contribution < 1.29 is 19.7 Å². The first kappa shape index (κ1) is 21.4. The molecular formula is C20H38O4. The minimum atomic E-state index is -0.211. The van der Waals surface area contributed by atoms with Crippen LogP contribution in [0.3, 0.4) is 0 Å². The van der Waals surface area contributed by atoms with Gasteiger partial charge in [-0.15, -0.1) is 0 Å². The lowest BCUT2D eigenvalue weighted by Gasteiger charge is -2.24. The van der Waals surface area contributed by atoms with Crippen molar-refractivity contribution in [3.63, 3.8) is 0 Å². The highest BCUT2D eigenvalue weighted by Crippen LogP contribution is 2.39. The molecule has 5 unspecified atom stereocenters. The molecule has 0 saturated heterocycles. The third-order valence-corrected chi connectivity index (χ3v) is 5.68. The van der Waals surface area contributed by atoms with Gasteiger partial charge in [0.05, 0.1) is 19.3 Å². The predicted molar refractivity (Wildman–Crippen MR) is 96.6 cm³/mol. The largest absolute Gasteiger partial charge is 0.469 e. The lowest BCUT2D eigenvalue weighted by molar-refractivity contribution is -0.141. The highest BCUT2D eigenvalue weighted by molar-refractivity contribution is 5.69. The second-order valence-corrected chi connectivity index (χ2v) is 7.76. The van der Waals surface area contributed by atoms with E-state index in [0.29, 0.717) is 24.2 Å². The van der Waals surface area contributed by atoms with Crippen LogP contribution in [-0.4, -0.2) is 35.5 Å². The summed E-state index contributed by atoms with van der Waals surface area (Å²) in [5.74, 6) is 0.992. The summed E-state index contributed by atoms with van der Waals surface area (Å²) >= 11 is 0. The monoisotopic (exact) mass is 342 g/mol. The van der Waals surface area contributed by atoms with Gasteiger partial charge in [0, 0.05) is 6.42 Å². The fraction of sp³-hybridized carbons (Fsp3) is 0.950. The van der Waals surface area contributed by atoms with Crippen LogP contribution in [0.4, 0.5) is 0 Å².